The first-order valence-electron chi connectivity index (χ1n) is 7.77. The van der Waals surface area contributed by atoms with Gasteiger partial charge in [-0.1, -0.05) is 22.9 Å². The molecule has 1 aromatic carbocycles. The molecule has 134 valence electrons. The van der Waals surface area contributed by atoms with Crippen molar-refractivity contribution in [3.05, 3.63) is 28.0 Å². The maximum atomic E-state index is 14.1. The van der Waals surface area contributed by atoms with Crippen LogP contribution in [0.15, 0.2) is 16.6 Å². The maximum absolute atomic E-state index is 14.1. The molecule has 1 fully saturated rings. The molecule has 6 nitrogen and oxygen atoms in total. The number of nitrogens with one attached hydrogen (secondary N) is 1. The van der Waals surface area contributed by atoms with E-state index in [-0.39, 0.29) is 17.4 Å². The van der Waals surface area contributed by atoms with Crippen molar-refractivity contribution in [1.82, 2.24) is 4.72 Å². The van der Waals surface area contributed by atoms with Crippen molar-refractivity contribution < 1.29 is 17.6 Å². The molecule has 1 saturated heterocycles. The number of benzene rings is 1. The lowest BCUT2D eigenvalue weighted by Crippen LogP contribution is -2.45. The van der Waals surface area contributed by atoms with Gasteiger partial charge in [-0.05, 0) is 31.4 Å². The number of sulfonamides is 1. The second-order valence-corrected chi connectivity index (χ2v) is 8.63. The summed E-state index contributed by atoms with van der Waals surface area (Å²) in [5.41, 5.74) is 5.60. The second-order valence-electron chi connectivity index (χ2n) is 5.84. The SMILES string of the molecule is CCCS(=O)(=O)NC1CCN(c2cc(Br)cc(F)c2C(N)=O)CC1. The number of hydrogen-bond donors (Lipinski definition) is 2. The standard InChI is InChI=1S/C15H21BrFN3O3S/c1-2-7-24(22,23)19-11-3-5-20(6-4-11)13-9-10(16)8-12(17)14(13)15(18)21/h8-9,11,19H,2-7H2,1H3,(H2,18,21). The van der Waals surface area contributed by atoms with Gasteiger partial charge in [0.15, 0.2) is 0 Å². The van der Waals surface area contributed by atoms with Crippen molar-refractivity contribution in [2.75, 3.05) is 23.7 Å². The minimum absolute atomic E-state index is 0.107. The van der Waals surface area contributed by atoms with Crippen molar-refractivity contribution >= 4 is 37.5 Å². The number of amides is 1. The maximum Gasteiger partial charge on any atom is 0.253 e. The quantitative estimate of drug-likeness (QED) is 0.734. The van der Waals surface area contributed by atoms with Crippen LogP contribution in [-0.2, 0) is 10.0 Å². The number of rotatable bonds is 6. The fraction of sp³-hybridized carbons (Fsp3) is 0.533. The van der Waals surface area contributed by atoms with Gasteiger partial charge >= 0.3 is 0 Å². The molecule has 24 heavy (non-hydrogen) atoms. The average Bonchev–Trinajstić information content (AvgIpc) is 2.46. The third-order valence-electron chi connectivity index (χ3n) is 3.94. The number of anilines is 1. The number of nitrogens with two attached hydrogens (primary N) is 1. The van der Waals surface area contributed by atoms with Gasteiger partial charge in [-0.2, -0.15) is 0 Å². The van der Waals surface area contributed by atoms with E-state index in [2.05, 4.69) is 20.7 Å². The topological polar surface area (TPSA) is 92.5 Å². The number of primary amides is 1. The van der Waals surface area contributed by atoms with E-state index in [9.17, 15) is 17.6 Å². The van der Waals surface area contributed by atoms with E-state index in [1.165, 1.54) is 6.07 Å². The van der Waals surface area contributed by atoms with E-state index in [4.69, 9.17) is 5.73 Å². The zero-order valence-electron chi connectivity index (χ0n) is 13.4. The summed E-state index contributed by atoms with van der Waals surface area (Å²) in [5.74, 6) is -1.38. The van der Waals surface area contributed by atoms with Gasteiger partial charge in [-0.15, -0.1) is 0 Å². The highest BCUT2D eigenvalue weighted by Gasteiger charge is 2.26. The van der Waals surface area contributed by atoms with Gasteiger partial charge in [0.1, 0.15) is 5.82 Å². The van der Waals surface area contributed by atoms with E-state index >= 15 is 0 Å². The molecule has 3 N–H and O–H groups in total. The van der Waals surface area contributed by atoms with Crippen molar-refractivity contribution in [3.63, 3.8) is 0 Å². The molecule has 9 heteroatoms. The van der Waals surface area contributed by atoms with Gasteiger partial charge in [0, 0.05) is 23.6 Å². The van der Waals surface area contributed by atoms with Crippen LogP contribution >= 0.6 is 15.9 Å². The Balaban J connectivity index is 2.12. The Morgan fingerprint density at radius 1 is 1.42 bits per heavy atom. The van der Waals surface area contributed by atoms with Crippen LogP contribution in [-0.4, -0.2) is 39.2 Å². The molecule has 0 aromatic heterocycles. The summed E-state index contributed by atoms with van der Waals surface area (Å²) >= 11 is 3.22. The summed E-state index contributed by atoms with van der Waals surface area (Å²) < 4.78 is 41.0. The molecule has 0 saturated carbocycles. The first kappa shape index (κ1) is 19.1. The molecular weight excluding hydrogens is 401 g/mol. The molecule has 1 aliphatic heterocycles. The van der Waals surface area contributed by atoms with Crippen LogP contribution in [0.1, 0.15) is 36.5 Å². The lowest BCUT2D eigenvalue weighted by molar-refractivity contribution is 0.0997. The van der Waals surface area contributed by atoms with Crippen LogP contribution in [0.5, 0.6) is 0 Å². The van der Waals surface area contributed by atoms with E-state index in [1.54, 1.807) is 6.07 Å². The lowest BCUT2D eigenvalue weighted by atomic mass is 10.0. The monoisotopic (exact) mass is 421 g/mol. The molecule has 2 rings (SSSR count). The number of carbonyl (C=O) groups is 1. The van der Waals surface area contributed by atoms with Crippen molar-refractivity contribution in [1.29, 1.82) is 0 Å². The van der Waals surface area contributed by atoms with Crippen LogP contribution in [0, 0.1) is 5.82 Å². The van der Waals surface area contributed by atoms with Crippen molar-refractivity contribution in [2.45, 2.75) is 32.2 Å². The molecule has 0 radical (unpaired) electrons. The second kappa shape index (κ2) is 7.79. The number of halogens is 2. The van der Waals surface area contributed by atoms with Crippen LogP contribution in [0.25, 0.3) is 0 Å². The van der Waals surface area contributed by atoms with E-state index in [0.29, 0.717) is 42.5 Å². The first-order valence-corrected chi connectivity index (χ1v) is 10.2. The molecule has 1 aliphatic rings. The molecule has 1 heterocycles. The normalized spacial score (nSPS) is 16.4. The first-order chi connectivity index (χ1) is 11.2. The Bertz CT molecular complexity index is 719. The van der Waals surface area contributed by atoms with Gasteiger partial charge in [-0.25, -0.2) is 17.5 Å². The third-order valence-corrected chi connectivity index (χ3v) is 6.03. The molecule has 1 aromatic rings. The Morgan fingerprint density at radius 2 is 2.04 bits per heavy atom. The minimum atomic E-state index is -3.26. The van der Waals surface area contributed by atoms with Gasteiger partial charge in [0.25, 0.3) is 5.91 Å². The van der Waals surface area contributed by atoms with Crippen LogP contribution < -0.4 is 15.4 Å². The van der Waals surface area contributed by atoms with Crippen molar-refractivity contribution in [3.8, 4) is 0 Å². The molecule has 0 bridgehead atoms. The highest BCUT2D eigenvalue weighted by Crippen LogP contribution is 2.30. The van der Waals surface area contributed by atoms with Gasteiger partial charge in [0.05, 0.1) is 17.0 Å². The smallest absolute Gasteiger partial charge is 0.253 e. The summed E-state index contributed by atoms with van der Waals surface area (Å²) in [7, 11) is -3.26. The van der Waals surface area contributed by atoms with E-state index in [1.807, 2.05) is 11.8 Å². The number of hydrogen-bond acceptors (Lipinski definition) is 4. The molecular formula is C15H21BrFN3O3S. The van der Waals surface area contributed by atoms with E-state index < -0.39 is 21.7 Å². The Labute approximate surface area is 149 Å². The Kier molecular flexibility index (Phi) is 6.22. The third kappa shape index (κ3) is 4.67. The highest BCUT2D eigenvalue weighted by atomic mass is 79.9. The Hall–Kier alpha value is -1.19. The van der Waals surface area contributed by atoms with Crippen LogP contribution in [0.3, 0.4) is 0 Å². The average molecular weight is 422 g/mol. The van der Waals surface area contributed by atoms with Gasteiger partial charge < -0.3 is 10.6 Å². The fourth-order valence-corrected chi connectivity index (χ4v) is 4.69. The molecule has 0 atom stereocenters. The summed E-state index contributed by atoms with van der Waals surface area (Å²) in [4.78, 5) is 13.4. The Morgan fingerprint density at radius 3 is 2.58 bits per heavy atom. The molecule has 0 unspecified atom stereocenters. The van der Waals surface area contributed by atoms with Crippen LogP contribution in [0.4, 0.5) is 10.1 Å². The van der Waals surface area contributed by atoms with Gasteiger partial charge in [-0.3, -0.25) is 4.79 Å². The summed E-state index contributed by atoms with van der Waals surface area (Å²) in [6.45, 7) is 2.83. The minimum Gasteiger partial charge on any atom is -0.371 e. The fourth-order valence-electron chi connectivity index (χ4n) is 2.87. The summed E-state index contributed by atoms with van der Waals surface area (Å²) in [5, 5.41) is 0. The predicted molar refractivity (Wildman–Crippen MR) is 95.1 cm³/mol. The lowest BCUT2D eigenvalue weighted by Gasteiger charge is -2.34. The largest absolute Gasteiger partial charge is 0.371 e. The zero-order valence-corrected chi connectivity index (χ0v) is 15.8. The summed E-state index contributed by atoms with van der Waals surface area (Å²) in [6.07, 6.45) is 1.72. The number of piperidine rings is 1. The molecule has 1 amide bonds. The highest BCUT2D eigenvalue weighted by molar-refractivity contribution is 9.10. The van der Waals surface area contributed by atoms with Gasteiger partial charge in [0.2, 0.25) is 10.0 Å². The molecule has 0 aliphatic carbocycles. The number of carbonyl (C=O) groups excluding carboxylic acids is 1. The summed E-state index contributed by atoms with van der Waals surface area (Å²) in [6, 6.07) is 2.71. The molecule has 0 spiro atoms. The van der Waals surface area contributed by atoms with Crippen LogP contribution in [0.2, 0.25) is 0 Å². The van der Waals surface area contributed by atoms with E-state index in [0.717, 1.165) is 0 Å². The van der Waals surface area contributed by atoms with Crippen molar-refractivity contribution in [2.24, 2.45) is 5.73 Å². The number of nitrogens with zero attached hydrogens (tertiary/aromatic N) is 1. The predicted octanol–water partition coefficient (Wildman–Crippen LogP) is 1.99. The zero-order chi connectivity index (χ0) is 17.9.